The minimum absolute atomic E-state index is 0.0226. The quantitative estimate of drug-likeness (QED) is 0.691. The van der Waals surface area contributed by atoms with Crippen LogP contribution < -0.4 is 5.32 Å². The SMILES string of the molecule is CC(=O)C=C(NC1CCCCC1)C(=O)O. The van der Waals surface area contributed by atoms with Crippen LogP contribution in [0.4, 0.5) is 0 Å². The molecule has 1 rings (SSSR count). The maximum atomic E-state index is 10.8. The number of hydrogen-bond donors (Lipinski definition) is 2. The Kier molecular flexibility index (Phi) is 4.34. The van der Waals surface area contributed by atoms with Crippen LogP contribution in [0.15, 0.2) is 11.8 Å². The molecule has 1 saturated carbocycles. The largest absolute Gasteiger partial charge is 0.477 e. The first kappa shape index (κ1) is 11.8. The van der Waals surface area contributed by atoms with E-state index in [1.165, 1.54) is 13.3 Å². The number of carboxylic acid groups (broad SMARTS) is 1. The minimum atomic E-state index is -1.06. The summed E-state index contributed by atoms with van der Waals surface area (Å²) in [5.74, 6) is -1.30. The molecule has 0 bridgehead atoms. The normalized spacial score (nSPS) is 18.6. The standard InChI is InChI=1S/C11H17NO3/c1-8(13)7-10(11(14)15)12-9-5-3-2-4-6-9/h7,9,12H,2-6H2,1H3,(H,14,15). The van der Waals surface area contributed by atoms with Crippen LogP contribution in [0.3, 0.4) is 0 Å². The van der Waals surface area contributed by atoms with E-state index in [9.17, 15) is 9.59 Å². The van der Waals surface area contributed by atoms with Gasteiger partial charge in [-0.3, -0.25) is 4.79 Å². The van der Waals surface area contributed by atoms with Crippen LogP contribution in [0.1, 0.15) is 39.0 Å². The highest BCUT2D eigenvalue weighted by Crippen LogP contribution is 2.18. The van der Waals surface area contributed by atoms with Crippen molar-refractivity contribution in [1.29, 1.82) is 0 Å². The van der Waals surface area contributed by atoms with Gasteiger partial charge in [-0.15, -0.1) is 0 Å². The van der Waals surface area contributed by atoms with Gasteiger partial charge in [0.05, 0.1) is 0 Å². The highest BCUT2D eigenvalue weighted by molar-refractivity contribution is 5.97. The third-order valence-electron chi connectivity index (χ3n) is 2.54. The average Bonchev–Trinajstić information content (AvgIpc) is 2.17. The van der Waals surface area contributed by atoms with Gasteiger partial charge < -0.3 is 10.4 Å². The third-order valence-corrected chi connectivity index (χ3v) is 2.54. The first-order valence-electron chi connectivity index (χ1n) is 5.31. The second kappa shape index (κ2) is 5.53. The summed E-state index contributed by atoms with van der Waals surface area (Å²) < 4.78 is 0. The Hall–Kier alpha value is -1.32. The van der Waals surface area contributed by atoms with Crippen molar-refractivity contribution in [3.8, 4) is 0 Å². The highest BCUT2D eigenvalue weighted by atomic mass is 16.4. The van der Waals surface area contributed by atoms with E-state index in [1.54, 1.807) is 0 Å². The number of allylic oxidation sites excluding steroid dienone is 1. The van der Waals surface area contributed by atoms with Crippen LogP contribution >= 0.6 is 0 Å². The van der Waals surface area contributed by atoms with Crippen molar-refractivity contribution in [3.63, 3.8) is 0 Å². The van der Waals surface area contributed by atoms with E-state index in [-0.39, 0.29) is 17.5 Å². The molecule has 0 spiro atoms. The zero-order chi connectivity index (χ0) is 11.3. The van der Waals surface area contributed by atoms with Crippen molar-refractivity contribution in [2.24, 2.45) is 0 Å². The molecule has 1 fully saturated rings. The Bertz CT molecular complexity index is 278. The fourth-order valence-corrected chi connectivity index (χ4v) is 1.84. The van der Waals surface area contributed by atoms with Crippen LogP contribution in [0.5, 0.6) is 0 Å². The van der Waals surface area contributed by atoms with Gasteiger partial charge in [0.1, 0.15) is 5.70 Å². The average molecular weight is 211 g/mol. The number of aliphatic carboxylic acids is 1. The molecule has 1 aliphatic carbocycles. The third kappa shape index (κ3) is 4.14. The van der Waals surface area contributed by atoms with Crippen molar-refractivity contribution in [3.05, 3.63) is 11.8 Å². The van der Waals surface area contributed by atoms with Gasteiger partial charge in [0.15, 0.2) is 5.78 Å². The van der Waals surface area contributed by atoms with Crippen molar-refractivity contribution >= 4 is 11.8 Å². The molecule has 15 heavy (non-hydrogen) atoms. The van der Waals surface area contributed by atoms with Crippen molar-refractivity contribution in [2.75, 3.05) is 0 Å². The van der Waals surface area contributed by atoms with Crippen molar-refractivity contribution in [1.82, 2.24) is 5.32 Å². The molecule has 84 valence electrons. The van der Waals surface area contributed by atoms with Crippen LogP contribution in [-0.2, 0) is 9.59 Å². The zero-order valence-corrected chi connectivity index (χ0v) is 8.95. The summed E-state index contributed by atoms with van der Waals surface area (Å²) in [4.78, 5) is 21.6. The van der Waals surface area contributed by atoms with Crippen LogP contribution in [0.25, 0.3) is 0 Å². The summed E-state index contributed by atoms with van der Waals surface area (Å²) in [5.41, 5.74) is 0.0226. The second-order valence-electron chi connectivity index (χ2n) is 3.95. The number of carbonyl (C=O) groups is 2. The van der Waals surface area contributed by atoms with Crippen LogP contribution in [0.2, 0.25) is 0 Å². The molecule has 0 aliphatic heterocycles. The molecule has 2 N–H and O–H groups in total. The van der Waals surface area contributed by atoms with E-state index in [1.807, 2.05) is 0 Å². The molecule has 0 aromatic heterocycles. The molecule has 0 aromatic carbocycles. The maximum Gasteiger partial charge on any atom is 0.352 e. The summed E-state index contributed by atoms with van der Waals surface area (Å²) in [7, 11) is 0. The minimum Gasteiger partial charge on any atom is -0.477 e. The molecule has 4 nitrogen and oxygen atoms in total. The Morgan fingerprint density at radius 3 is 2.33 bits per heavy atom. The molecule has 0 amide bonds. The van der Waals surface area contributed by atoms with Crippen LogP contribution in [-0.4, -0.2) is 22.9 Å². The van der Waals surface area contributed by atoms with E-state index >= 15 is 0 Å². The molecule has 0 aromatic rings. The molecule has 1 aliphatic rings. The van der Waals surface area contributed by atoms with E-state index in [0.717, 1.165) is 31.8 Å². The van der Waals surface area contributed by atoms with Crippen molar-refractivity contribution in [2.45, 2.75) is 45.1 Å². The van der Waals surface area contributed by atoms with Gasteiger partial charge in [0.2, 0.25) is 0 Å². The van der Waals surface area contributed by atoms with Gasteiger partial charge in [0.25, 0.3) is 0 Å². The summed E-state index contributed by atoms with van der Waals surface area (Å²) in [6.45, 7) is 1.35. The molecule has 0 saturated heterocycles. The Balaban J connectivity index is 2.57. The van der Waals surface area contributed by atoms with Gasteiger partial charge >= 0.3 is 5.97 Å². The Labute approximate surface area is 89.4 Å². The maximum absolute atomic E-state index is 10.8. The topological polar surface area (TPSA) is 66.4 Å². The molecule has 4 heteroatoms. The van der Waals surface area contributed by atoms with Gasteiger partial charge in [-0.25, -0.2) is 4.79 Å². The lowest BCUT2D eigenvalue weighted by Crippen LogP contribution is -2.33. The molecule has 0 heterocycles. The number of ketones is 1. The highest BCUT2D eigenvalue weighted by Gasteiger charge is 2.17. The number of nitrogens with one attached hydrogen (secondary N) is 1. The summed E-state index contributed by atoms with van der Waals surface area (Å²) in [5, 5.41) is 11.8. The first-order chi connectivity index (χ1) is 7.09. The first-order valence-corrected chi connectivity index (χ1v) is 5.31. The number of rotatable bonds is 4. The van der Waals surface area contributed by atoms with Gasteiger partial charge in [-0.1, -0.05) is 19.3 Å². The predicted molar refractivity (Wildman–Crippen MR) is 56.4 cm³/mol. The van der Waals surface area contributed by atoms with Gasteiger partial charge in [-0.2, -0.15) is 0 Å². The zero-order valence-electron chi connectivity index (χ0n) is 8.95. The summed E-state index contributed by atoms with van der Waals surface area (Å²) in [6.07, 6.45) is 6.61. The fraction of sp³-hybridized carbons (Fsp3) is 0.636. The lowest BCUT2D eigenvalue weighted by Gasteiger charge is -2.23. The number of carboxylic acids is 1. The van der Waals surface area contributed by atoms with E-state index in [4.69, 9.17) is 5.11 Å². The summed E-state index contributed by atoms with van der Waals surface area (Å²) in [6, 6.07) is 0.209. The van der Waals surface area contributed by atoms with Crippen molar-refractivity contribution < 1.29 is 14.7 Å². The smallest absolute Gasteiger partial charge is 0.352 e. The number of carbonyl (C=O) groups excluding carboxylic acids is 1. The monoisotopic (exact) mass is 211 g/mol. The fourth-order valence-electron chi connectivity index (χ4n) is 1.84. The lowest BCUT2D eigenvalue weighted by atomic mass is 9.95. The Morgan fingerprint density at radius 2 is 1.87 bits per heavy atom. The summed E-state index contributed by atoms with van der Waals surface area (Å²) >= 11 is 0. The molecular weight excluding hydrogens is 194 g/mol. The van der Waals surface area contributed by atoms with E-state index in [0.29, 0.717) is 0 Å². The number of hydrogen-bond acceptors (Lipinski definition) is 3. The van der Waals surface area contributed by atoms with Gasteiger partial charge in [0, 0.05) is 12.1 Å². The van der Waals surface area contributed by atoms with Gasteiger partial charge in [-0.05, 0) is 19.8 Å². The molecule has 0 unspecified atom stereocenters. The van der Waals surface area contributed by atoms with Crippen LogP contribution in [0, 0.1) is 0 Å². The predicted octanol–water partition coefficient (Wildman–Crippen LogP) is 1.47. The Morgan fingerprint density at radius 1 is 1.27 bits per heavy atom. The molecule has 0 atom stereocenters. The lowest BCUT2D eigenvalue weighted by molar-refractivity contribution is -0.133. The second-order valence-corrected chi connectivity index (χ2v) is 3.95. The van der Waals surface area contributed by atoms with E-state index < -0.39 is 5.97 Å². The molecule has 0 radical (unpaired) electrons. The van der Waals surface area contributed by atoms with E-state index in [2.05, 4.69) is 5.32 Å². The molecular formula is C11H17NO3.